The molecule has 1 rings (SSSR count). The third kappa shape index (κ3) is 4.59. The van der Waals surface area contributed by atoms with Gasteiger partial charge in [0.15, 0.2) is 0 Å². The molecular formula is C12H16N2O2. The number of benzene rings is 1. The monoisotopic (exact) mass is 220 g/mol. The van der Waals surface area contributed by atoms with Gasteiger partial charge in [-0.15, -0.1) is 0 Å². The fourth-order valence-electron chi connectivity index (χ4n) is 1.25. The van der Waals surface area contributed by atoms with E-state index in [4.69, 9.17) is 0 Å². The summed E-state index contributed by atoms with van der Waals surface area (Å²) in [6.45, 7) is 3.83. The van der Waals surface area contributed by atoms with Crippen molar-refractivity contribution in [3.63, 3.8) is 0 Å². The first kappa shape index (κ1) is 12.2. The molecule has 0 fully saturated rings. The van der Waals surface area contributed by atoms with Crippen molar-refractivity contribution in [3.8, 4) is 0 Å². The zero-order valence-corrected chi connectivity index (χ0v) is 9.54. The van der Waals surface area contributed by atoms with E-state index >= 15 is 0 Å². The lowest BCUT2D eigenvalue weighted by Gasteiger charge is -2.07. The van der Waals surface area contributed by atoms with Crippen molar-refractivity contribution in [2.75, 3.05) is 11.9 Å². The first-order chi connectivity index (χ1) is 7.58. The molecule has 1 aromatic carbocycles. The van der Waals surface area contributed by atoms with Gasteiger partial charge in [0.05, 0.1) is 0 Å². The molecular weight excluding hydrogens is 204 g/mol. The van der Waals surface area contributed by atoms with Crippen LogP contribution in [0.5, 0.6) is 0 Å². The molecule has 0 aliphatic rings. The molecule has 1 aromatic rings. The normalized spacial score (nSPS) is 9.62. The molecule has 0 aromatic heterocycles. The number of hydrogen-bond acceptors (Lipinski definition) is 2. The predicted octanol–water partition coefficient (Wildman–Crippen LogP) is 2.10. The van der Waals surface area contributed by atoms with Crippen LogP contribution in [0.4, 0.5) is 10.5 Å². The minimum Gasteiger partial charge on any atom is -0.337 e. The molecule has 16 heavy (non-hydrogen) atoms. The van der Waals surface area contributed by atoms with Gasteiger partial charge in [0.2, 0.25) is 0 Å². The van der Waals surface area contributed by atoms with Crippen molar-refractivity contribution in [1.82, 2.24) is 5.32 Å². The smallest absolute Gasteiger partial charge is 0.319 e. The van der Waals surface area contributed by atoms with E-state index in [1.807, 2.05) is 31.2 Å². The van der Waals surface area contributed by atoms with Crippen LogP contribution in [-0.4, -0.2) is 18.4 Å². The van der Waals surface area contributed by atoms with Crippen molar-refractivity contribution < 1.29 is 9.59 Å². The summed E-state index contributed by atoms with van der Waals surface area (Å²) in [4.78, 5) is 22.0. The maximum absolute atomic E-state index is 11.4. The average Bonchev–Trinajstić information content (AvgIpc) is 2.16. The Morgan fingerprint density at radius 1 is 1.31 bits per heavy atom. The average molecular weight is 220 g/mol. The van der Waals surface area contributed by atoms with Crippen LogP contribution in [0.1, 0.15) is 18.9 Å². The maximum Gasteiger partial charge on any atom is 0.319 e. The molecule has 0 saturated heterocycles. The van der Waals surface area contributed by atoms with Crippen LogP contribution in [0.25, 0.3) is 0 Å². The van der Waals surface area contributed by atoms with Gasteiger partial charge in [-0.05, 0) is 31.5 Å². The molecule has 2 amide bonds. The maximum atomic E-state index is 11.4. The minimum atomic E-state index is -0.285. The van der Waals surface area contributed by atoms with Gasteiger partial charge in [0, 0.05) is 18.7 Å². The number of amides is 2. The van der Waals surface area contributed by atoms with E-state index in [1.54, 1.807) is 0 Å². The number of aryl methyl sites for hydroxylation is 1. The fourth-order valence-corrected chi connectivity index (χ4v) is 1.25. The molecule has 0 atom stereocenters. The van der Waals surface area contributed by atoms with Gasteiger partial charge < -0.3 is 10.6 Å². The van der Waals surface area contributed by atoms with Crippen molar-refractivity contribution in [2.24, 2.45) is 0 Å². The molecule has 2 N–H and O–H groups in total. The lowest BCUT2D eigenvalue weighted by Crippen LogP contribution is -2.30. The number of ketones is 1. The molecule has 0 bridgehead atoms. The molecule has 0 aliphatic heterocycles. The number of carbonyl (C=O) groups excluding carboxylic acids is 2. The summed E-state index contributed by atoms with van der Waals surface area (Å²) in [5.74, 6) is 0.0656. The highest BCUT2D eigenvalue weighted by Crippen LogP contribution is 2.08. The summed E-state index contributed by atoms with van der Waals surface area (Å²) in [7, 11) is 0. The van der Waals surface area contributed by atoms with Gasteiger partial charge in [0.1, 0.15) is 5.78 Å². The van der Waals surface area contributed by atoms with Crippen molar-refractivity contribution in [3.05, 3.63) is 29.8 Å². The van der Waals surface area contributed by atoms with Gasteiger partial charge >= 0.3 is 6.03 Å². The third-order valence-corrected chi connectivity index (χ3v) is 2.04. The van der Waals surface area contributed by atoms with Crippen molar-refractivity contribution in [1.29, 1.82) is 0 Å². The third-order valence-electron chi connectivity index (χ3n) is 2.04. The molecule has 0 aliphatic carbocycles. The summed E-state index contributed by atoms with van der Waals surface area (Å²) in [5.41, 5.74) is 1.84. The summed E-state index contributed by atoms with van der Waals surface area (Å²) < 4.78 is 0. The predicted molar refractivity (Wildman–Crippen MR) is 63.5 cm³/mol. The van der Waals surface area contributed by atoms with Crippen LogP contribution in [0, 0.1) is 6.92 Å². The second-order valence-electron chi connectivity index (χ2n) is 3.70. The lowest BCUT2D eigenvalue weighted by atomic mass is 10.2. The van der Waals surface area contributed by atoms with E-state index in [-0.39, 0.29) is 11.8 Å². The number of Topliss-reactive ketones (excluding diaryl/α,β-unsaturated/α-hetero) is 1. The van der Waals surface area contributed by atoms with E-state index in [1.165, 1.54) is 6.92 Å². The standard InChI is InChI=1S/C12H16N2O2/c1-9-4-3-5-11(8-9)14-12(16)13-7-6-10(2)15/h3-5,8H,6-7H2,1-2H3,(H2,13,14,16). The van der Waals surface area contributed by atoms with Gasteiger partial charge in [0.25, 0.3) is 0 Å². The Bertz CT molecular complexity index is 388. The Labute approximate surface area is 95.0 Å². The second-order valence-corrected chi connectivity index (χ2v) is 3.70. The van der Waals surface area contributed by atoms with Crippen LogP contribution < -0.4 is 10.6 Å². The Balaban J connectivity index is 2.37. The zero-order valence-electron chi connectivity index (χ0n) is 9.54. The Morgan fingerprint density at radius 2 is 2.06 bits per heavy atom. The molecule has 4 nitrogen and oxygen atoms in total. The van der Waals surface area contributed by atoms with E-state index < -0.39 is 0 Å². The van der Waals surface area contributed by atoms with Gasteiger partial charge in [-0.25, -0.2) is 4.79 Å². The summed E-state index contributed by atoms with van der Waals surface area (Å²) in [6, 6.07) is 7.24. The summed E-state index contributed by atoms with van der Waals surface area (Å²) >= 11 is 0. The largest absolute Gasteiger partial charge is 0.337 e. The first-order valence-electron chi connectivity index (χ1n) is 5.19. The number of rotatable bonds is 4. The molecule has 0 radical (unpaired) electrons. The summed E-state index contributed by atoms with van der Waals surface area (Å²) in [5, 5.41) is 5.31. The van der Waals surface area contributed by atoms with Gasteiger partial charge in [-0.2, -0.15) is 0 Å². The topological polar surface area (TPSA) is 58.2 Å². The Morgan fingerprint density at radius 3 is 2.69 bits per heavy atom. The zero-order chi connectivity index (χ0) is 12.0. The molecule has 86 valence electrons. The highest BCUT2D eigenvalue weighted by molar-refractivity contribution is 5.89. The van der Waals surface area contributed by atoms with Crippen molar-refractivity contribution >= 4 is 17.5 Å². The van der Waals surface area contributed by atoms with Crippen molar-refractivity contribution in [2.45, 2.75) is 20.3 Å². The molecule has 0 heterocycles. The fraction of sp³-hybridized carbons (Fsp3) is 0.333. The molecule has 0 unspecified atom stereocenters. The van der Waals surface area contributed by atoms with Crippen LogP contribution in [0.2, 0.25) is 0 Å². The Hall–Kier alpha value is -1.84. The molecule has 0 saturated carbocycles. The van der Waals surface area contributed by atoms with Crippen LogP contribution in [0.3, 0.4) is 0 Å². The highest BCUT2D eigenvalue weighted by atomic mass is 16.2. The number of carbonyl (C=O) groups is 2. The van der Waals surface area contributed by atoms with Crippen LogP contribution >= 0.6 is 0 Å². The van der Waals surface area contributed by atoms with E-state index in [0.717, 1.165) is 11.3 Å². The number of nitrogens with one attached hydrogen (secondary N) is 2. The van der Waals surface area contributed by atoms with Gasteiger partial charge in [-0.1, -0.05) is 12.1 Å². The number of urea groups is 1. The van der Waals surface area contributed by atoms with E-state index in [0.29, 0.717) is 13.0 Å². The SMILES string of the molecule is CC(=O)CCNC(=O)Nc1cccc(C)c1. The highest BCUT2D eigenvalue weighted by Gasteiger charge is 2.01. The lowest BCUT2D eigenvalue weighted by molar-refractivity contribution is -0.116. The molecule has 4 heteroatoms. The van der Waals surface area contributed by atoms with Crippen LogP contribution in [-0.2, 0) is 4.79 Å². The second kappa shape index (κ2) is 5.90. The number of hydrogen-bond donors (Lipinski definition) is 2. The van der Waals surface area contributed by atoms with Crippen LogP contribution in [0.15, 0.2) is 24.3 Å². The molecule has 0 spiro atoms. The minimum absolute atomic E-state index is 0.0656. The van der Waals surface area contributed by atoms with Gasteiger partial charge in [-0.3, -0.25) is 4.79 Å². The van der Waals surface area contributed by atoms with E-state index in [2.05, 4.69) is 10.6 Å². The Kier molecular flexibility index (Phi) is 4.51. The number of anilines is 1. The van der Waals surface area contributed by atoms with E-state index in [9.17, 15) is 9.59 Å². The quantitative estimate of drug-likeness (QED) is 0.816. The first-order valence-corrected chi connectivity index (χ1v) is 5.19. The summed E-state index contributed by atoms with van der Waals surface area (Å²) in [6.07, 6.45) is 0.362.